The average Bonchev–Trinajstić information content (AvgIpc) is 2.57. The molecule has 3 N–H and O–H groups in total. The molecule has 1 heterocycles. The number of carbonyl (C=O) groups excluding carboxylic acids is 1. The van der Waals surface area contributed by atoms with Crippen LogP contribution in [0.4, 0.5) is 17.6 Å². The van der Waals surface area contributed by atoms with E-state index in [9.17, 15) is 4.79 Å². The summed E-state index contributed by atoms with van der Waals surface area (Å²) in [7, 11) is 0. The maximum Gasteiger partial charge on any atom is 0.234 e. The summed E-state index contributed by atoms with van der Waals surface area (Å²) < 4.78 is 0. The minimum atomic E-state index is -0.232. The van der Waals surface area contributed by atoms with Gasteiger partial charge in [0, 0.05) is 18.1 Å². The van der Waals surface area contributed by atoms with E-state index in [1.54, 1.807) is 18.2 Å². The van der Waals surface area contributed by atoms with Gasteiger partial charge in [0.05, 0.1) is 16.5 Å². The van der Waals surface area contributed by atoms with Gasteiger partial charge in [0.15, 0.2) is 5.16 Å². The molecule has 1 amide bonds. The van der Waals surface area contributed by atoms with Crippen molar-refractivity contribution in [3.63, 3.8) is 0 Å². The zero-order valence-electron chi connectivity index (χ0n) is 13.8. The van der Waals surface area contributed by atoms with Crippen LogP contribution in [0.25, 0.3) is 0 Å². The van der Waals surface area contributed by atoms with Crippen molar-refractivity contribution in [3.05, 3.63) is 28.2 Å². The van der Waals surface area contributed by atoms with E-state index in [-0.39, 0.29) is 11.7 Å². The van der Waals surface area contributed by atoms with Crippen molar-refractivity contribution in [2.75, 3.05) is 34.8 Å². The Morgan fingerprint density at radius 3 is 2.32 bits per heavy atom. The third-order valence-electron chi connectivity index (χ3n) is 2.82. The summed E-state index contributed by atoms with van der Waals surface area (Å²) in [6, 6.07) is 4.88. The number of thioether (sulfide) groups is 1. The molecule has 0 saturated carbocycles. The lowest BCUT2D eigenvalue weighted by molar-refractivity contribution is -0.113. The fourth-order valence-corrected chi connectivity index (χ4v) is 2.78. The number of nitrogens with zero attached hydrogens (tertiary/aromatic N) is 3. The fourth-order valence-electron chi connectivity index (χ4n) is 1.81. The average molecular weight is 401 g/mol. The maximum atomic E-state index is 12.1. The Bertz CT molecular complexity index is 722. The molecule has 7 nitrogen and oxygen atoms in total. The Balaban J connectivity index is 2.01. The van der Waals surface area contributed by atoms with Gasteiger partial charge < -0.3 is 16.0 Å². The number of halogens is 2. The van der Waals surface area contributed by atoms with Gasteiger partial charge in [0.1, 0.15) is 0 Å². The molecule has 0 aliphatic carbocycles. The summed E-state index contributed by atoms with van der Waals surface area (Å²) in [5.74, 6) is 0.831. The molecule has 0 bridgehead atoms. The largest absolute Gasteiger partial charge is 0.354 e. The van der Waals surface area contributed by atoms with E-state index in [0.717, 1.165) is 0 Å². The molecular formula is C15H18Cl2N6OS. The van der Waals surface area contributed by atoms with Crippen molar-refractivity contribution < 1.29 is 4.79 Å². The van der Waals surface area contributed by atoms with Gasteiger partial charge in [0.25, 0.3) is 0 Å². The van der Waals surface area contributed by atoms with Crippen LogP contribution in [-0.4, -0.2) is 39.7 Å². The monoisotopic (exact) mass is 400 g/mol. The Hall–Kier alpha value is -1.77. The number of hydrogen-bond donors (Lipinski definition) is 3. The SMILES string of the molecule is CCNc1nc(NCC)nc(SCC(=O)Nc2cc(Cl)ccc2Cl)n1. The lowest BCUT2D eigenvalue weighted by Gasteiger charge is -2.09. The molecule has 134 valence electrons. The van der Waals surface area contributed by atoms with Gasteiger partial charge >= 0.3 is 0 Å². The van der Waals surface area contributed by atoms with Crippen LogP contribution in [0.1, 0.15) is 13.8 Å². The first-order chi connectivity index (χ1) is 12.0. The Labute approximate surface area is 160 Å². The topological polar surface area (TPSA) is 91.8 Å². The molecule has 1 aromatic heterocycles. The molecule has 0 fully saturated rings. The number of amides is 1. The number of hydrogen-bond acceptors (Lipinski definition) is 7. The summed E-state index contributed by atoms with van der Waals surface area (Å²) in [4.78, 5) is 24.9. The number of anilines is 3. The Kier molecular flexibility index (Phi) is 7.54. The van der Waals surface area contributed by atoms with Gasteiger partial charge in [-0.05, 0) is 32.0 Å². The van der Waals surface area contributed by atoms with Crippen molar-refractivity contribution >= 4 is 58.5 Å². The molecule has 2 rings (SSSR count). The lowest BCUT2D eigenvalue weighted by Crippen LogP contribution is -2.15. The number of nitrogens with one attached hydrogen (secondary N) is 3. The molecular weight excluding hydrogens is 383 g/mol. The summed E-state index contributed by atoms with van der Waals surface area (Å²) in [6.07, 6.45) is 0. The first-order valence-corrected chi connectivity index (χ1v) is 9.37. The van der Waals surface area contributed by atoms with E-state index in [0.29, 0.717) is 45.9 Å². The minimum absolute atomic E-state index is 0.129. The lowest BCUT2D eigenvalue weighted by atomic mass is 10.3. The van der Waals surface area contributed by atoms with Crippen molar-refractivity contribution in [2.45, 2.75) is 19.0 Å². The third-order valence-corrected chi connectivity index (χ3v) is 4.23. The highest BCUT2D eigenvalue weighted by molar-refractivity contribution is 7.99. The Morgan fingerprint density at radius 2 is 1.72 bits per heavy atom. The van der Waals surface area contributed by atoms with Gasteiger partial charge in [-0.2, -0.15) is 15.0 Å². The van der Waals surface area contributed by atoms with Gasteiger partial charge in [-0.3, -0.25) is 4.79 Å². The van der Waals surface area contributed by atoms with Crippen molar-refractivity contribution in [1.29, 1.82) is 0 Å². The van der Waals surface area contributed by atoms with Crippen molar-refractivity contribution in [3.8, 4) is 0 Å². The molecule has 25 heavy (non-hydrogen) atoms. The summed E-state index contributed by atoms with van der Waals surface area (Å²) >= 11 is 13.2. The fraction of sp³-hybridized carbons (Fsp3) is 0.333. The van der Waals surface area contributed by atoms with Crippen LogP contribution in [0.2, 0.25) is 10.0 Å². The first-order valence-electron chi connectivity index (χ1n) is 7.63. The maximum absolute atomic E-state index is 12.1. The molecule has 0 radical (unpaired) electrons. The predicted molar refractivity (Wildman–Crippen MR) is 104 cm³/mol. The van der Waals surface area contributed by atoms with Crippen LogP contribution in [0.15, 0.2) is 23.4 Å². The van der Waals surface area contributed by atoms with Gasteiger partial charge in [0.2, 0.25) is 17.8 Å². The number of benzene rings is 1. The van der Waals surface area contributed by atoms with Crippen LogP contribution in [0.5, 0.6) is 0 Å². The van der Waals surface area contributed by atoms with E-state index in [4.69, 9.17) is 23.2 Å². The molecule has 1 aromatic carbocycles. The van der Waals surface area contributed by atoms with Crippen LogP contribution >= 0.6 is 35.0 Å². The van der Waals surface area contributed by atoms with Crippen molar-refractivity contribution in [1.82, 2.24) is 15.0 Å². The highest BCUT2D eigenvalue weighted by Gasteiger charge is 2.11. The van der Waals surface area contributed by atoms with Gasteiger partial charge in [-0.1, -0.05) is 35.0 Å². The normalized spacial score (nSPS) is 10.4. The molecule has 0 spiro atoms. The van der Waals surface area contributed by atoms with Gasteiger partial charge in [-0.25, -0.2) is 0 Å². The number of carbonyl (C=O) groups is 1. The van der Waals surface area contributed by atoms with E-state index >= 15 is 0 Å². The minimum Gasteiger partial charge on any atom is -0.354 e. The molecule has 0 aliphatic rings. The highest BCUT2D eigenvalue weighted by Crippen LogP contribution is 2.26. The third kappa shape index (κ3) is 6.22. The molecule has 2 aromatic rings. The molecule has 0 aliphatic heterocycles. The van der Waals surface area contributed by atoms with Crippen LogP contribution < -0.4 is 16.0 Å². The Morgan fingerprint density at radius 1 is 1.08 bits per heavy atom. The van der Waals surface area contributed by atoms with Crippen LogP contribution in [0, 0.1) is 0 Å². The van der Waals surface area contributed by atoms with Crippen molar-refractivity contribution in [2.24, 2.45) is 0 Å². The number of aromatic nitrogens is 3. The standard InChI is InChI=1S/C15H18Cl2N6OS/c1-3-18-13-21-14(19-4-2)23-15(22-13)25-8-12(24)20-11-7-9(16)5-6-10(11)17/h5-7H,3-4,8H2,1-2H3,(H,20,24)(H2,18,19,21,22,23). The van der Waals surface area contributed by atoms with Crippen LogP contribution in [0.3, 0.4) is 0 Å². The molecule has 10 heteroatoms. The van der Waals surface area contributed by atoms with E-state index in [2.05, 4.69) is 30.9 Å². The molecule has 0 unspecified atom stereocenters. The second-order valence-electron chi connectivity index (χ2n) is 4.79. The van der Waals surface area contributed by atoms with E-state index < -0.39 is 0 Å². The van der Waals surface area contributed by atoms with Crippen LogP contribution in [-0.2, 0) is 4.79 Å². The quantitative estimate of drug-likeness (QED) is 0.580. The van der Waals surface area contributed by atoms with E-state index in [1.807, 2.05) is 13.8 Å². The zero-order valence-corrected chi connectivity index (χ0v) is 16.1. The summed E-state index contributed by atoms with van der Waals surface area (Å²) in [6.45, 7) is 5.28. The summed E-state index contributed by atoms with van der Waals surface area (Å²) in [5, 5.41) is 10.2. The molecule has 0 saturated heterocycles. The van der Waals surface area contributed by atoms with Gasteiger partial charge in [-0.15, -0.1) is 0 Å². The summed E-state index contributed by atoms with van der Waals surface area (Å²) in [5.41, 5.74) is 0.470. The second kappa shape index (κ2) is 9.65. The zero-order chi connectivity index (χ0) is 18.2. The second-order valence-corrected chi connectivity index (χ2v) is 6.57. The first kappa shape index (κ1) is 19.6. The number of rotatable bonds is 8. The van der Waals surface area contributed by atoms with E-state index in [1.165, 1.54) is 11.8 Å². The predicted octanol–water partition coefficient (Wildman–Crippen LogP) is 3.77. The smallest absolute Gasteiger partial charge is 0.234 e. The molecule has 0 atom stereocenters. The highest BCUT2D eigenvalue weighted by atomic mass is 35.5.